The van der Waals surface area contributed by atoms with Crippen LogP contribution in [0.1, 0.15) is 0 Å². The maximum atomic E-state index is 2.45. The number of benzene rings is 11. The molecule has 0 saturated heterocycles. The maximum Gasteiger partial charge on any atom is 0.0546 e. The van der Waals surface area contributed by atoms with Gasteiger partial charge in [-0.1, -0.05) is 188 Å². The third-order valence-corrected chi connectivity index (χ3v) is 16.3. The van der Waals surface area contributed by atoms with Crippen molar-refractivity contribution >= 4 is 48.6 Å². The molecule has 11 aromatic rings. The molecule has 0 saturated carbocycles. The lowest BCUT2D eigenvalue weighted by Gasteiger charge is -2.42. The highest BCUT2D eigenvalue weighted by molar-refractivity contribution is 8.34. The van der Waals surface area contributed by atoms with E-state index in [1.165, 1.54) is 74.5 Å². The van der Waals surface area contributed by atoms with Crippen LogP contribution in [0.15, 0.2) is 293 Å². The first-order valence-corrected chi connectivity index (χ1v) is 23.5. The average Bonchev–Trinajstić information content (AvgIpc) is 3.39. The molecule has 0 unspecified atom stereocenters. The Balaban J connectivity index is 1.08. The smallest absolute Gasteiger partial charge is 0.0546 e. The van der Waals surface area contributed by atoms with Gasteiger partial charge in [0.15, 0.2) is 0 Å². The molecule has 64 heavy (non-hydrogen) atoms. The van der Waals surface area contributed by atoms with Gasteiger partial charge in [-0.15, -0.1) is 10.0 Å². The predicted molar refractivity (Wildman–Crippen MR) is 272 cm³/mol. The number of hydrogen-bond acceptors (Lipinski definition) is 1. The molecule has 2 heteroatoms. The Labute approximate surface area is 377 Å². The van der Waals surface area contributed by atoms with Crippen molar-refractivity contribution in [2.45, 2.75) is 19.6 Å². The van der Waals surface area contributed by atoms with E-state index >= 15 is 0 Å². The van der Waals surface area contributed by atoms with Gasteiger partial charge in [-0.25, -0.2) is 0 Å². The molecular formula is C62H45NS. The Morgan fingerprint density at radius 1 is 0.250 bits per heavy atom. The fourth-order valence-electron chi connectivity index (χ4n) is 9.39. The molecule has 11 aromatic carbocycles. The normalized spacial score (nSPS) is 11.7. The molecule has 1 nitrogen and oxygen atoms in total. The number of fused-ring (bicyclic) bond motifs is 3. The largest absolute Gasteiger partial charge is 0.310 e. The van der Waals surface area contributed by atoms with Crippen molar-refractivity contribution in [1.82, 2.24) is 0 Å². The molecule has 0 aromatic heterocycles. The average molecular weight is 836 g/mol. The van der Waals surface area contributed by atoms with Crippen LogP contribution in [0.2, 0.25) is 0 Å². The standard InChI is InChI=1S/C62H45NS/c1-6-20-47(21-7-1)58-43-36-49(44-61(58)48-22-8-2-9-23-48)46-34-37-51(38-35-46)63(62-45-50-24-16-17-31-57(50)59-32-18-19-33-60(59)62)52-39-41-56(42-40-52)64(53-25-10-3-11-26-53,54-27-12-4-13-28-54)55-29-14-5-15-30-55/h1-45H. The van der Waals surface area contributed by atoms with Crippen LogP contribution < -0.4 is 4.90 Å². The SMILES string of the molecule is c1ccc(-c2ccc(-c3ccc(N(c4ccc(S(c5ccccc5)(c5ccccc5)c5ccccc5)cc4)c4cc5ccccc5c5ccccc45)cc3)cc2-c2ccccc2)cc1. The fourth-order valence-corrected chi connectivity index (χ4v) is 13.3. The topological polar surface area (TPSA) is 3.24 Å². The van der Waals surface area contributed by atoms with Crippen LogP contribution in [0.4, 0.5) is 17.1 Å². The molecule has 0 N–H and O–H groups in total. The van der Waals surface area contributed by atoms with Gasteiger partial charge in [0.1, 0.15) is 0 Å². The highest BCUT2D eigenvalue weighted by Crippen LogP contribution is 2.73. The molecule has 0 fully saturated rings. The zero-order chi connectivity index (χ0) is 42.7. The van der Waals surface area contributed by atoms with Crippen LogP contribution in [-0.2, 0) is 0 Å². The quantitative estimate of drug-likeness (QED) is 0.124. The number of hydrogen-bond donors (Lipinski definition) is 0. The molecular weight excluding hydrogens is 791 g/mol. The second kappa shape index (κ2) is 17.1. The van der Waals surface area contributed by atoms with E-state index in [4.69, 9.17) is 0 Å². The van der Waals surface area contributed by atoms with E-state index < -0.39 is 10.0 Å². The molecule has 0 bridgehead atoms. The van der Waals surface area contributed by atoms with E-state index in [1.54, 1.807) is 0 Å². The van der Waals surface area contributed by atoms with Crippen LogP contribution in [0.3, 0.4) is 0 Å². The van der Waals surface area contributed by atoms with Gasteiger partial charge in [0.25, 0.3) is 0 Å². The van der Waals surface area contributed by atoms with E-state index in [1.807, 2.05) is 0 Å². The second-order valence-electron chi connectivity index (χ2n) is 16.1. The summed E-state index contributed by atoms with van der Waals surface area (Å²) in [5.41, 5.74) is 10.5. The van der Waals surface area contributed by atoms with E-state index in [0.717, 1.165) is 17.1 Å². The van der Waals surface area contributed by atoms with Crippen molar-refractivity contribution in [3.05, 3.63) is 273 Å². The van der Waals surface area contributed by atoms with Crippen molar-refractivity contribution in [2.24, 2.45) is 0 Å². The van der Waals surface area contributed by atoms with Crippen molar-refractivity contribution in [1.29, 1.82) is 0 Å². The van der Waals surface area contributed by atoms with Crippen LogP contribution >= 0.6 is 10.0 Å². The minimum atomic E-state index is -1.85. The van der Waals surface area contributed by atoms with Gasteiger partial charge in [0, 0.05) is 36.3 Å². The van der Waals surface area contributed by atoms with Crippen LogP contribution in [0.25, 0.3) is 54.9 Å². The third kappa shape index (κ3) is 7.05. The lowest BCUT2D eigenvalue weighted by Crippen LogP contribution is -2.11. The van der Waals surface area contributed by atoms with Crippen LogP contribution in [0.5, 0.6) is 0 Å². The summed E-state index contributed by atoms with van der Waals surface area (Å²) in [6.45, 7) is 0. The van der Waals surface area contributed by atoms with E-state index in [2.05, 4.69) is 278 Å². The molecule has 0 spiro atoms. The number of rotatable bonds is 10. The van der Waals surface area contributed by atoms with Gasteiger partial charge in [-0.05, 0) is 134 Å². The summed E-state index contributed by atoms with van der Waals surface area (Å²) in [6.07, 6.45) is 0. The van der Waals surface area contributed by atoms with E-state index in [9.17, 15) is 0 Å². The fraction of sp³-hybridized carbons (Fsp3) is 0. The lowest BCUT2D eigenvalue weighted by atomic mass is 9.91. The highest BCUT2D eigenvalue weighted by Gasteiger charge is 2.33. The third-order valence-electron chi connectivity index (χ3n) is 12.4. The summed E-state index contributed by atoms with van der Waals surface area (Å²) in [5.74, 6) is 0. The lowest BCUT2D eigenvalue weighted by molar-refractivity contribution is 1.23. The Kier molecular flexibility index (Phi) is 10.4. The summed E-state index contributed by atoms with van der Waals surface area (Å²) in [7, 11) is -1.85. The number of anilines is 3. The van der Waals surface area contributed by atoms with Gasteiger partial charge in [-0.2, -0.15) is 0 Å². The molecule has 304 valence electrons. The Morgan fingerprint density at radius 2 is 0.656 bits per heavy atom. The first kappa shape index (κ1) is 39.0. The number of nitrogens with zero attached hydrogens (tertiary/aromatic N) is 1. The first-order chi connectivity index (χ1) is 31.8. The molecule has 0 atom stereocenters. The summed E-state index contributed by atoms with van der Waals surface area (Å²) < 4.78 is 0. The van der Waals surface area contributed by atoms with Gasteiger partial charge in [0.05, 0.1) is 5.69 Å². The molecule has 0 aliphatic carbocycles. The minimum Gasteiger partial charge on any atom is -0.310 e. The molecule has 0 radical (unpaired) electrons. The molecule has 0 aliphatic heterocycles. The Morgan fingerprint density at radius 3 is 1.20 bits per heavy atom. The van der Waals surface area contributed by atoms with Crippen LogP contribution in [-0.4, -0.2) is 0 Å². The summed E-state index contributed by atoms with van der Waals surface area (Å²) in [5, 5.41) is 4.90. The van der Waals surface area contributed by atoms with Crippen molar-refractivity contribution in [2.75, 3.05) is 4.90 Å². The second-order valence-corrected chi connectivity index (χ2v) is 19.2. The Bertz CT molecular complexity index is 3240. The van der Waals surface area contributed by atoms with Gasteiger partial charge in [0.2, 0.25) is 0 Å². The maximum absolute atomic E-state index is 2.45. The summed E-state index contributed by atoms with van der Waals surface area (Å²) in [6, 6.07) is 100. The molecule has 0 aliphatic rings. The van der Waals surface area contributed by atoms with Crippen molar-refractivity contribution in [3.8, 4) is 33.4 Å². The predicted octanol–water partition coefficient (Wildman–Crippen LogP) is 17.8. The molecule has 11 rings (SSSR count). The summed E-state index contributed by atoms with van der Waals surface area (Å²) in [4.78, 5) is 7.65. The van der Waals surface area contributed by atoms with Gasteiger partial charge in [-0.3, -0.25) is 0 Å². The zero-order valence-corrected chi connectivity index (χ0v) is 36.2. The zero-order valence-electron chi connectivity index (χ0n) is 35.3. The van der Waals surface area contributed by atoms with Gasteiger partial charge >= 0.3 is 0 Å². The van der Waals surface area contributed by atoms with Crippen molar-refractivity contribution < 1.29 is 0 Å². The van der Waals surface area contributed by atoms with Crippen molar-refractivity contribution in [3.63, 3.8) is 0 Å². The first-order valence-electron chi connectivity index (χ1n) is 21.9. The Hall–Kier alpha value is -7.91. The van der Waals surface area contributed by atoms with Gasteiger partial charge < -0.3 is 4.90 Å². The van der Waals surface area contributed by atoms with Crippen LogP contribution in [0, 0.1) is 0 Å². The highest BCUT2D eigenvalue weighted by atomic mass is 32.3. The molecule has 0 heterocycles. The van der Waals surface area contributed by atoms with E-state index in [0.29, 0.717) is 0 Å². The molecule has 0 amide bonds. The monoisotopic (exact) mass is 835 g/mol. The minimum absolute atomic E-state index is 1.09. The summed E-state index contributed by atoms with van der Waals surface area (Å²) >= 11 is 0. The van der Waals surface area contributed by atoms with E-state index in [-0.39, 0.29) is 0 Å².